The van der Waals surface area contributed by atoms with Gasteiger partial charge in [-0.1, -0.05) is 28.1 Å². The lowest BCUT2D eigenvalue weighted by Gasteiger charge is -2.06. The summed E-state index contributed by atoms with van der Waals surface area (Å²) >= 11 is 3.37. The van der Waals surface area contributed by atoms with E-state index in [-0.39, 0.29) is 5.56 Å². The van der Waals surface area contributed by atoms with Gasteiger partial charge in [-0.3, -0.25) is 4.79 Å². The van der Waals surface area contributed by atoms with Crippen molar-refractivity contribution in [3.63, 3.8) is 0 Å². The fraction of sp³-hybridized carbons (Fsp3) is 0.0833. The fourth-order valence-corrected chi connectivity index (χ4v) is 1.72. The molecule has 0 atom stereocenters. The number of hydrogen-bond acceptors (Lipinski definition) is 2. The van der Waals surface area contributed by atoms with Crippen LogP contribution in [0, 0.1) is 0 Å². The number of halogens is 1. The zero-order valence-electron chi connectivity index (χ0n) is 8.56. The number of nitrogen functional groups attached to an aromatic ring is 1. The van der Waals surface area contributed by atoms with Gasteiger partial charge in [0, 0.05) is 22.4 Å². The Balaban J connectivity index is 2.30. The molecular formula is C12H11BrN2O. The van der Waals surface area contributed by atoms with Crippen molar-refractivity contribution in [1.82, 2.24) is 4.57 Å². The van der Waals surface area contributed by atoms with Gasteiger partial charge in [-0.25, -0.2) is 0 Å². The van der Waals surface area contributed by atoms with Crippen molar-refractivity contribution in [3.8, 4) is 0 Å². The number of aromatic nitrogens is 1. The first-order valence-corrected chi connectivity index (χ1v) is 5.65. The van der Waals surface area contributed by atoms with Crippen molar-refractivity contribution >= 4 is 21.6 Å². The van der Waals surface area contributed by atoms with E-state index < -0.39 is 0 Å². The second-order valence-electron chi connectivity index (χ2n) is 3.56. The zero-order chi connectivity index (χ0) is 11.5. The van der Waals surface area contributed by atoms with E-state index >= 15 is 0 Å². The highest BCUT2D eigenvalue weighted by Gasteiger charge is 1.98. The molecule has 3 nitrogen and oxygen atoms in total. The van der Waals surface area contributed by atoms with Crippen LogP contribution in [0.15, 0.2) is 51.9 Å². The minimum absolute atomic E-state index is 0.0443. The molecule has 16 heavy (non-hydrogen) atoms. The molecule has 0 saturated carbocycles. The van der Waals surface area contributed by atoms with Gasteiger partial charge in [-0.05, 0) is 23.8 Å². The van der Waals surface area contributed by atoms with Gasteiger partial charge in [-0.2, -0.15) is 0 Å². The molecular weight excluding hydrogens is 268 g/mol. The van der Waals surface area contributed by atoms with E-state index in [1.165, 1.54) is 6.07 Å². The third-order valence-electron chi connectivity index (χ3n) is 2.27. The third-order valence-corrected chi connectivity index (χ3v) is 2.80. The quantitative estimate of drug-likeness (QED) is 0.916. The molecule has 0 spiro atoms. The standard InChI is InChI=1S/C12H11BrN2O/c13-10-3-1-9(2-4-10)7-15-8-11(14)5-6-12(15)16/h1-6,8H,7,14H2. The van der Waals surface area contributed by atoms with E-state index in [9.17, 15) is 4.79 Å². The Labute approximate surface area is 102 Å². The summed E-state index contributed by atoms with van der Waals surface area (Å²) in [5.41, 5.74) is 7.25. The maximum absolute atomic E-state index is 11.5. The summed E-state index contributed by atoms with van der Waals surface area (Å²) in [5.74, 6) is 0. The SMILES string of the molecule is Nc1ccc(=O)n(Cc2ccc(Br)cc2)c1. The van der Waals surface area contributed by atoms with Crippen LogP contribution in [0.3, 0.4) is 0 Å². The second kappa shape index (κ2) is 4.53. The van der Waals surface area contributed by atoms with Crippen LogP contribution >= 0.6 is 15.9 Å². The summed E-state index contributed by atoms with van der Waals surface area (Å²) in [6, 6.07) is 10.9. The minimum atomic E-state index is -0.0443. The van der Waals surface area contributed by atoms with Crippen molar-refractivity contribution in [2.75, 3.05) is 5.73 Å². The van der Waals surface area contributed by atoms with Crippen LogP contribution in [-0.2, 0) is 6.54 Å². The molecule has 1 heterocycles. The summed E-state index contributed by atoms with van der Waals surface area (Å²) in [6.45, 7) is 0.539. The van der Waals surface area contributed by atoms with Crippen molar-refractivity contribution < 1.29 is 0 Å². The highest BCUT2D eigenvalue weighted by atomic mass is 79.9. The van der Waals surface area contributed by atoms with Gasteiger partial charge in [0.15, 0.2) is 0 Å². The van der Waals surface area contributed by atoms with Crippen LogP contribution in [0.2, 0.25) is 0 Å². The average Bonchev–Trinajstić information content (AvgIpc) is 2.27. The summed E-state index contributed by atoms with van der Waals surface area (Å²) in [7, 11) is 0. The van der Waals surface area contributed by atoms with Gasteiger partial charge in [-0.15, -0.1) is 0 Å². The maximum atomic E-state index is 11.5. The molecule has 0 aliphatic heterocycles. The van der Waals surface area contributed by atoms with Crippen molar-refractivity contribution in [2.45, 2.75) is 6.54 Å². The topological polar surface area (TPSA) is 48.0 Å². The molecule has 0 aliphatic carbocycles. The largest absolute Gasteiger partial charge is 0.398 e. The second-order valence-corrected chi connectivity index (χ2v) is 4.47. The van der Waals surface area contributed by atoms with E-state index in [1.54, 1.807) is 16.8 Å². The van der Waals surface area contributed by atoms with Crippen LogP contribution in [-0.4, -0.2) is 4.57 Å². The molecule has 0 saturated heterocycles. The molecule has 0 unspecified atom stereocenters. The maximum Gasteiger partial charge on any atom is 0.250 e. The Morgan fingerprint density at radius 2 is 1.81 bits per heavy atom. The number of nitrogens with two attached hydrogens (primary N) is 1. The third kappa shape index (κ3) is 2.52. The Morgan fingerprint density at radius 1 is 1.12 bits per heavy atom. The van der Waals surface area contributed by atoms with Gasteiger partial charge in [0.2, 0.25) is 0 Å². The molecule has 0 fully saturated rings. The Hall–Kier alpha value is -1.55. The van der Waals surface area contributed by atoms with Crippen LogP contribution in [0.4, 0.5) is 5.69 Å². The predicted molar refractivity (Wildman–Crippen MR) is 68.4 cm³/mol. The lowest BCUT2D eigenvalue weighted by molar-refractivity contribution is 0.761. The Morgan fingerprint density at radius 3 is 2.50 bits per heavy atom. The summed E-state index contributed by atoms with van der Waals surface area (Å²) in [5, 5.41) is 0. The van der Waals surface area contributed by atoms with E-state index in [0.717, 1.165) is 10.0 Å². The van der Waals surface area contributed by atoms with Crippen LogP contribution in [0.1, 0.15) is 5.56 Å². The first-order valence-electron chi connectivity index (χ1n) is 4.85. The first kappa shape index (κ1) is 11.0. The van der Waals surface area contributed by atoms with Gasteiger partial charge < -0.3 is 10.3 Å². The van der Waals surface area contributed by atoms with Crippen LogP contribution in [0.25, 0.3) is 0 Å². The van der Waals surface area contributed by atoms with Gasteiger partial charge >= 0.3 is 0 Å². The summed E-state index contributed by atoms with van der Waals surface area (Å²) in [4.78, 5) is 11.5. The van der Waals surface area contributed by atoms with E-state index in [2.05, 4.69) is 15.9 Å². The molecule has 0 amide bonds. The highest BCUT2D eigenvalue weighted by Crippen LogP contribution is 2.11. The number of pyridine rings is 1. The number of nitrogens with zero attached hydrogens (tertiary/aromatic N) is 1. The normalized spacial score (nSPS) is 10.3. The molecule has 2 aromatic rings. The number of benzene rings is 1. The minimum Gasteiger partial charge on any atom is -0.398 e. The van der Waals surface area contributed by atoms with Crippen LogP contribution in [0.5, 0.6) is 0 Å². The van der Waals surface area contributed by atoms with Crippen molar-refractivity contribution in [1.29, 1.82) is 0 Å². The fourth-order valence-electron chi connectivity index (χ4n) is 1.46. The lowest BCUT2D eigenvalue weighted by Crippen LogP contribution is -2.19. The average molecular weight is 279 g/mol. The van der Waals surface area contributed by atoms with Crippen molar-refractivity contribution in [3.05, 3.63) is 63.0 Å². The molecule has 1 aromatic heterocycles. The molecule has 4 heteroatoms. The van der Waals surface area contributed by atoms with Gasteiger partial charge in [0.05, 0.1) is 6.54 Å². The molecule has 0 radical (unpaired) electrons. The molecule has 82 valence electrons. The van der Waals surface area contributed by atoms with Gasteiger partial charge in [0.25, 0.3) is 5.56 Å². The van der Waals surface area contributed by atoms with E-state index in [1.807, 2.05) is 24.3 Å². The lowest BCUT2D eigenvalue weighted by atomic mass is 10.2. The van der Waals surface area contributed by atoms with Crippen molar-refractivity contribution in [2.24, 2.45) is 0 Å². The van der Waals surface area contributed by atoms with E-state index in [0.29, 0.717) is 12.2 Å². The number of rotatable bonds is 2. The molecule has 2 N–H and O–H groups in total. The van der Waals surface area contributed by atoms with Gasteiger partial charge in [0.1, 0.15) is 0 Å². The van der Waals surface area contributed by atoms with E-state index in [4.69, 9.17) is 5.73 Å². The smallest absolute Gasteiger partial charge is 0.250 e. The monoisotopic (exact) mass is 278 g/mol. The molecule has 2 rings (SSSR count). The highest BCUT2D eigenvalue weighted by molar-refractivity contribution is 9.10. The summed E-state index contributed by atoms with van der Waals surface area (Å²) < 4.78 is 2.62. The molecule has 1 aromatic carbocycles. The summed E-state index contributed by atoms with van der Waals surface area (Å²) in [6.07, 6.45) is 1.66. The Kier molecular flexibility index (Phi) is 3.10. The van der Waals surface area contributed by atoms with Crippen LogP contribution < -0.4 is 11.3 Å². The number of anilines is 1. The number of hydrogen-bond donors (Lipinski definition) is 1. The molecule has 0 aliphatic rings. The molecule has 0 bridgehead atoms. The zero-order valence-corrected chi connectivity index (χ0v) is 10.1. The Bertz CT molecular complexity index is 546. The first-order chi connectivity index (χ1) is 7.65. The predicted octanol–water partition coefficient (Wildman–Crippen LogP) is 2.24.